The minimum atomic E-state index is 0.593. The predicted molar refractivity (Wildman–Crippen MR) is 124 cm³/mol. The Balaban J connectivity index is 1.40. The lowest BCUT2D eigenvalue weighted by Gasteiger charge is -2.23. The Bertz CT molecular complexity index is 965. The number of thiophene rings is 1. The van der Waals surface area contributed by atoms with Gasteiger partial charge < -0.3 is 9.80 Å². The van der Waals surface area contributed by atoms with Crippen molar-refractivity contribution in [1.29, 1.82) is 0 Å². The molecular formula is C24H32N4S. The zero-order valence-corrected chi connectivity index (χ0v) is 18.5. The van der Waals surface area contributed by atoms with E-state index in [1.807, 2.05) is 11.3 Å². The van der Waals surface area contributed by atoms with E-state index in [0.717, 1.165) is 19.6 Å². The molecule has 3 heterocycles. The Hall–Kier alpha value is -1.85. The zero-order valence-electron chi connectivity index (χ0n) is 17.7. The topological polar surface area (TPSA) is 24.3 Å². The number of aryl methyl sites for hydroxylation is 1. The van der Waals surface area contributed by atoms with Crippen LogP contribution in [0.4, 0.5) is 5.69 Å². The molecule has 29 heavy (non-hydrogen) atoms. The first-order valence-corrected chi connectivity index (χ1v) is 12.0. The van der Waals surface area contributed by atoms with Gasteiger partial charge in [0.2, 0.25) is 0 Å². The van der Waals surface area contributed by atoms with Gasteiger partial charge in [-0.25, -0.2) is 0 Å². The average Bonchev–Trinajstić information content (AvgIpc) is 3.24. The van der Waals surface area contributed by atoms with Crippen LogP contribution in [-0.2, 0) is 0 Å². The molecule has 2 fully saturated rings. The number of hydrogen-bond acceptors (Lipinski definition) is 4. The minimum absolute atomic E-state index is 0.593. The summed E-state index contributed by atoms with van der Waals surface area (Å²) in [4.78, 5) is 7.70. The third-order valence-electron chi connectivity index (χ3n) is 6.73. The first-order chi connectivity index (χ1) is 14.2. The highest BCUT2D eigenvalue weighted by molar-refractivity contribution is 7.22. The number of anilines is 1. The maximum Gasteiger partial charge on any atom is 0.122 e. The highest BCUT2D eigenvalue weighted by Crippen LogP contribution is 2.39. The molecule has 5 heteroatoms. The van der Waals surface area contributed by atoms with E-state index in [9.17, 15) is 0 Å². The Morgan fingerprint density at radius 1 is 0.931 bits per heavy atom. The Labute approximate surface area is 178 Å². The Kier molecular flexibility index (Phi) is 5.35. The number of hydrogen-bond donors (Lipinski definition) is 0. The minimum Gasteiger partial charge on any atom is -0.370 e. The van der Waals surface area contributed by atoms with Crippen molar-refractivity contribution in [3.8, 4) is 10.4 Å². The smallest absolute Gasteiger partial charge is 0.122 e. The summed E-state index contributed by atoms with van der Waals surface area (Å²) in [5.41, 5.74) is 3.87. The fourth-order valence-corrected chi connectivity index (χ4v) is 6.17. The van der Waals surface area contributed by atoms with Crippen LogP contribution in [0.1, 0.15) is 50.3 Å². The van der Waals surface area contributed by atoms with Crippen LogP contribution >= 0.6 is 11.3 Å². The normalized spacial score (nSPS) is 19.7. The molecule has 1 aliphatic heterocycles. The van der Waals surface area contributed by atoms with Crippen LogP contribution in [0.3, 0.4) is 0 Å². The number of benzene rings is 1. The second kappa shape index (κ2) is 8.11. The SMILES string of the molecule is Cc1nn(C2CCCCC2)c2sc(-c3ccc(N4CCCN(C)CC4)cc3)cc12. The van der Waals surface area contributed by atoms with Gasteiger partial charge in [0.05, 0.1) is 11.7 Å². The van der Waals surface area contributed by atoms with E-state index in [0.29, 0.717) is 6.04 Å². The summed E-state index contributed by atoms with van der Waals surface area (Å²) in [6.07, 6.45) is 7.88. The van der Waals surface area contributed by atoms with E-state index in [2.05, 4.69) is 58.8 Å². The molecule has 0 amide bonds. The third-order valence-corrected chi connectivity index (χ3v) is 7.90. The van der Waals surface area contributed by atoms with Crippen LogP contribution in [-0.4, -0.2) is 47.9 Å². The summed E-state index contributed by atoms with van der Waals surface area (Å²) in [6, 6.07) is 12.2. The van der Waals surface area contributed by atoms with Crippen LogP contribution < -0.4 is 4.90 Å². The molecule has 1 aromatic carbocycles. The van der Waals surface area contributed by atoms with Crippen molar-refractivity contribution in [3.63, 3.8) is 0 Å². The number of aromatic nitrogens is 2. The van der Waals surface area contributed by atoms with Gasteiger partial charge in [0, 0.05) is 35.6 Å². The van der Waals surface area contributed by atoms with Gasteiger partial charge in [-0.3, -0.25) is 4.68 Å². The largest absolute Gasteiger partial charge is 0.370 e. The van der Waals surface area contributed by atoms with Crippen LogP contribution in [0.5, 0.6) is 0 Å². The number of nitrogens with zero attached hydrogens (tertiary/aromatic N) is 4. The van der Waals surface area contributed by atoms with Crippen molar-refractivity contribution in [3.05, 3.63) is 36.0 Å². The van der Waals surface area contributed by atoms with E-state index in [-0.39, 0.29) is 0 Å². The summed E-state index contributed by atoms with van der Waals surface area (Å²) < 4.78 is 2.35. The lowest BCUT2D eigenvalue weighted by molar-refractivity contribution is 0.337. The van der Waals surface area contributed by atoms with Gasteiger partial charge in [-0.05, 0) is 63.5 Å². The van der Waals surface area contributed by atoms with E-state index in [4.69, 9.17) is 5.10 Å². The van der Waals surface area contributed by atoms with Gasteiger partial charge in [0.25, 0.3) is 0 Å². The van der Waals surface area contributed by atoms with E-state index >= 15 is 0 Å². The molecule has 0 bridgehead atoms. The second-order valence-corrected chi connectivity index (χ2v) is 9.87. The van der Waals surface area contributed by atoms with Crippen LogP contribution in [0.15, 0.2) is 30.3 Å². The molecule has 4 nitrogen and oxygen atoms in total. The molecule has 154 valence electrons. The maximum absolute atomic E-state index is 4.91. The number of fused-ring (bicyclic) bond motifs is 1. The van der Waals surface area contributed by atoms with Crippen LogP contribution in [0.25, 0.3) is 20.7 Å². The summed E-state index contributed by atoms with van der Waals surface area (Å²) in [5, 5.41) is 6.26. The molecule has 5 rings (SSSR count). The van der Waals surface area contributed by atoms with Gasteiger partial charge in [0.15, 0.2) is 0 Å². The first-order valence-electron chi connectivity index (χ1n) is 11.2. The zero-order chi connectivity index (χ0) is 19.8. The summed E-state index contributed by atoms with van der Waals surface area (Å²) in [7, 11) is 2.23. The molecule has 0 unspecified atom stereocenters. The van der Waals surface area contributed by atoms with Crippen molar-refractivity contribution in [1.82, 2.24) is 14.7 Å². The third kappa shape index (κ3) is 3.82. The van der Waals surface area contributed by atoms with Crippen LogP contribution in [0.2, 0.25) is 0 Å². The molecule has 0 N–H and O–H groups in total. The monoisotopic (exact) mass is 408 g/mol. The van der Waals surface area contributed by atoms with Crippen molar-refractivity contribution >= 4 is 27.2 Å². The molecule has 3 aromatic rings. The molecule has 1 aliphatic carbocycles. The molecular weight excluding hydrogens is 376 g/mol. The van der Waals surface area contributed by atoms with E-state index in [1.54, 1.807) is 0 Å². The highest BCUT2D eigenvalue weighted by Gasteiger charge is 2.21. The van der Waals surface area contributed by atoms with E-state index < -0.39 is 0 Å². The lowest BCUT2D eigenvalue weighted by atomic mass is 9.96. The predicted octanol–water partition coefficient (Wildman–Crippen LogP) is 5.72. The summed E-state index contributed by atoms with van der Waals surface area (Å²) >= 11 is 1.92. The maximum atomic E-state index is 4.91. The van der Waals surface area contributed by atoms with Gasteiger partial charge in [-0.1, -0.05) is 31.4 Å². The van der Waals surface area contributed by atoms with Crippen molar-refractivity contribution in [2.75, 3.05) is 38.1 Å². The Morgan fingerprint density at radius 3 is 2.52 bits per heavy atom. The molecule has 2 aliphatic rings. The molecule has 1 saturated carbocycles. The van der Waals surface area contributed by atoms with Gasteiger partial charge in [-0.2, -0.15) is 5.10 Å². The summed E-state index contributed by atoms with van der Waals surface area (Å²) in [5.74, 6) is 0. The van der Waals surface area contributed by atoms with E-state index in [1.165, 1.54) is 77.1 Å². The fourth-order valence-electron chi connectivity index (χ4n) is 4.93. The number of rotatable bonds is 3. The van der Waals surface area contributed by atoms with Gasteiger partial charge in [-0.15, -0.1) is 11.3 Å². The van der Waals surface area contributed by atoms with Gasteiger partial charge in [0.1, 0.15) is 4.83 Å². The second-order valence-electron chi connectivity index (χ2n) is 8.84. The molecule has 2 aromatic heterocycles. The quantitative estimate of drug-likeness (QED) is 0.554. The number of likely N-dealkylation sites (N-methyl/N-ethyl adjacent to an activating group) is 1. The van der Waals surface area contributed by atoms with Crippen molar-refractivity contribution in [2.24, 2.45) is 0 Å². The molecule has 0 atom stereocenters. The van der Waals surface area contributed by atoms with Crippen molar-refractivity contribution in [2.45, 2.75) is 51.5 Å². The Morgan fingerprint density at radius 2 is 1.72 bits per heavy atom. The standard InChI is InChI=1S/C24H32N4S/c1-18-22-17-23(29-24(22)28(25-18)21-7-4-3-5-8-21)19-9-11-20(12-10-19)27-14-6-13-26(2)15-16-27/h9-12,17,21H,3-8,13-16H2,1-2H3. The average molecular weight is 409 g/mol. The van der Waals surface area contributed by atoms with Gasteiger partial charge >= 0.3 is 0 Å². The van der Waals surface area contributed by atoms with Crippen LogP contribution in [0, 0.1) is 6.92 Å². The summed E-state index contributed by atoms with van der Waals surface area (Å²) in [6.45, 7) is 6.79. The first kappa shape index (κ1) is 19.1. The highest BCUT2D eigenvalue weighted by atomic mass is 32.1. The molecule has 0 radical (unpaired) electrons. The fraction of sp³-hybridized carbons (Fsp3) is 0.542. The van der Waals surface area contributed by atoms with Crippen molar-refractivity contribution < 1.29 is 0 Å². The lowest BCUT2D eigenvalue weighted by Crippen LogP contribution is -2.28. The molecule has 0 spiro atoms. The molecule has 1 saturated heterocycles.